The minimum absolute atomic E-state index is 0.201. The van der Waals surface area contributed by atoms with Crippen molar-refractivity contribution in [1.82, 2.24) is 9.97 Å². The van der Waals surface area contributed by atoms with Crippen LogP contribution in [-0.2, 0) is 6.61 Å². The second kappa shape index (κ2) is 3.83. The Labute approximate surface area is 81.2 Å². The highest BCUT2D eigenvalue weighted by Gasteiger charge is 1.97. The lowest BCUT2D eigenvalue weighted by molar-refractivity contribution is 0.300. The van der Waals surface area contributed by atoms with Gasteiger partial charge in [-0.05, 0) is 12.1 Å². The number of phenolic OH excluding ortho intramolecular Hbond substituents is 1. The molecule has 0 saturated heterocycles. The summed E-state index contributed by atoms with van der Waals surface area (Å²) in [5.74, 6) is 0.840. The van der Waals surface area contributed by atoms with E-state index in [4.69, 9.17) is 4.74 Å². The van der Waals surface area contributed by atoms with E-state index in [1.807, 2.05) is 0 Å². The van der Waals surface area contributed by atoms with Crippen LogP contribution in [0.4, 0.5) is 0 Å². The van der Waals surface area contributed by atoms with Gasteiger partial charge < -0.3 is 14.8 Å². The van der Waals surface area contributed by atoms with E-state index in [9.17, 15) is 5.11 Å². The number of ether oxygens (including phenoxy) is 1. The number of imidazole rings is 1. The number of nitrogens with one attached hydrogen (secondary N) is 1. The number of aromatic nitrogens is 2. The van der Waals surface area contributed by atoms with Gasteiger partial charge in [-0.1, -0.05) is 6.07 Å². The molecule has 72 valence electrons. The van der Waals surface area contributed by atoms with Gasteiger partial charge in [-0.15, -0.1) is 0 Å². The van der Waals surface area contributed by atoms with E-state index in [2.05, 4.69) is 9.97 Å². The van der Waals surface area contributed by atoms with Gasteiger partial charge in [0.2, 0.25) is 0 Å². The van der Waals surface area contributed by atoms with Gasteiger partial charge >= 0.3 is 0 Å². The number of hydrogen-bond donors (Lipinski definition) is 2. The van der Waals surface area contributed by atoms with E-state index < -0.39 is 0 Å². The van der Waals surface area contributed by atoms with E-state index in [-0.39, 0.29) is 5.75 Å². The number of H-pyrrole nitrogens is 1. The van der Waals surface area contributed by atoms with E-state index in [0.29, 0.717) is 12.4 Å². The summed E-state index contributed by atoms with van der Waals surface area (Å²) in [4.78, 5) is 6.79. The van der Waals surface area contributed by atoms with Gasteiger partial charge in [-0.25, -0.2) is 4.98 Å². The SMILES string of the molecule is Oc1cccc(OCc2cnc[nH]2)c1. The second-order valence-corrected chi connectivity index (χ2v) is 2.86. The number of rotatable bonds is 3. The monoisotopic (exact) mass is 190 g/mol. The zero-order valence-corrected chi connectivity index (χ0v) is 7.47. The van der Waals surface area contributed by atoms with Gasteiger partial charge in [0, 0.05) is 6.07 Å². The second-order valence-electron chi connectivity index (χ2n) is 2.86. The molecule has 0 radical (unpaired) electrons. The fourth-order valence-electron chi connectivity index (χ4n) is 1.10. The van der Waals surface area contributed by atoms with E-state index in [1.165, 1.54) is 0 Å². The molecule has 4 heteroatoms. The highest BCUT2D eigenvalue weighted by atomic mass is 16.5. The van der Waals surface area contributed by atoms with Crippen molar-refractivity contribution in [2.45, 2.75) is 6.61 Å². The van der Waals surface area contributed by atoms with Crippen molar-refractivity contribution in [2.75, 3.05) is 0 Å². The van der Waals surface area contributed by atoms with Crippen molar-refractivity contribution in [3.63, 3.8) is 0 Å². The molecule has 0 atom stereocenters. The van der Waals surface area contributed by atoms with Crippen LogP contribution in [0.2, 0.25) is 0 Å². The molecule has 0 aliphatic heterocycles. The Morgan fingerprint density at radius 1 is 1.43 bits per heavy atom. The first kappa shape index (κ1) is 8.62. The molecule has 0 fully saturated rings. The van der Waals surface area contributed by atoms with Gasteiger partial charge in [0.15, 0.2) is 0 Å². The summed E-state index contributed by atoms with van der Waals surface area (Å²) in [6, 6.07) is 6.69. The van der Waals surface area contributed by atoms with Crippen molar-refractivity contribution in [1.29, 1.82) is 0 Å². The van der Waals surface area contributed by atoms with Crippen LogP contribution in [0.1, 0.15) is 5.69 Å². The van der Waals surface area contributed by atoms with Crippen molar-refractivity contribution in [2.24, 2.45) is 0 Å². The summed E-state index contributed by atoms with van der Waals surface area (Å²) in [5.41, 5.74) is 0.897. The van der Waals surface area contributed by atoms with Crippen LogP contribution >= 0.6 is 0 Å². The molecule has 1 aromatic carbocycles. The Hall–Kier alpha value is -1.97. The Bertz CT molecular complexity index is 398. The van der Waals surface area contributed by atoms with Crippen LogP contribution in [0.15, 0.2) is 36.8 Å². The lowest BCUT2D eigenvalue weighted by Gasteiger charge is -2.04. The molecular formula is C10H10N2O2. The van der Waals surface area contributed by atoms with E-state index >= 15 is 0 Å². The van der Waals surface area contributed by atoms with Crippen molar-refractivity contribution in [3.05, 3.63) is 42.5 Å². The third-order valence-corrected chi connectivity index (χ3v) is 1.77. The number of phenols is 1. The molecule has 1 heterocycles. The van der Waals surface area contributed by atoms with Crippen molar-refractivity contribution < 1.29 is 9.84 Å². The minimum Gasteiger partial charge on any atom is -0.508 e. The molecule has 0 aliphatic rings. The standard InChI is InChI=1S/C10H10N2O2/c13-9-2-1-3-10(4-9)14-6-8-5-11-7-12-8/h1-5,7,13H,6H2,(H,11,12). The number of nitrogens with zero attached hydrogens (tertiary/aromatic N) is 1. The fourth-order valence-corrected chi connectivity index (χ4v) is 1.10. The lowest BCUT2D eigenvalue weighted by atomic mass is 10.3. The molecule has 2 aromatic rings. The van der Waals surface area contributed by atoms with Gasteiger partial charge in [-0.3, -0.25) is 0 Å². The average Bonchev–Trinajstić information content (AvgIpc) is 2.67. The molecule has 0 unspecified atom stereocenters. The average molecular weight is 190 g/mol. The lowest BCUT2D eigenvalue weighted by Crippen LogP contribution is -1.94. The smallest absolute Gasteiger partial charge is 0.130 e. The Morgan fingerprint density at radius 2 is 2.36 bits per heavy atom. The van der Waals surface area contributed by atoms with Crippen LogP contribution in [0, 0.1) is 0 Å². The third-order valence-electron chi connectivity index (χ3n) is 1.77. The highest BCUT2D eigenvalue weighted by molar-refractivity contribution is 5.31. The Kier molecular flexibility index (Phi) is 2.36. The Morgan fingerprint density at radius 3 is 3.07 bits per heavy atom. The largest absolute Gasteiger partial charge is 0.508 e. The maximum Gasteiger partial charge on any atom is 0.130 e. The predicted molar refractivity (Wildman–Crippen MR) is 51.0 cm³/mol. The van der Waals surface area contributed by atoms with Crippen LogP contribution in [0.25, 0.3) is 0 Å². The maximum absolute atomic E-state index is 9.17. The topological polar surface area (TPSA) is 58.1 Å². The highest BCUT2D eigenvalue weighted by Crippen LogP contribution is 2.18. The normalized spacial score (nSPS) is 10.0. The molecule has 0 saturated carbocycles. The van der Waals surface area contributed by atoms with Gasteiger partial charge in [-0.2, -0.15) is 0 Å². The number of benzene rings is 1. The van der Waals surface area contributed by atoms with E-state index in [1.54, 1.807) is 36.8 Å². The molecule has 0 aliphatic carbocycles. The third kappa shape index (κ3) is 2.04. The van der Waals surface area contributed by atoms with Gasteiger partial charge in [0.05, 0.1) is 18.2 Å². The molecule has 1 aromatic heterocycles. The fraction of sp³-hybridized carbons (Fsp3) is 0.100. The number of aromatic hydroxyl groups is 1. The molecule has 0 amide bonds. The predicted octanol–water partition coefficient (Wildman–Crippen LogP) is 1.69. The molecular weight excluding hydrogens is 180 g/mol. The van der Waals surface area contributed by atoms with Gasteiger partial charge in [0.25, 0.3) is 0 Å². The zero-order valence-electron chi connectivity index (χ0n) is 7.47. The molecule has 2 rings (SSSR count). The number of hydrogen-bond acceptors (Lipinski definition) is 3. The number of aromatic amines is 1. The van der Waals surface area contributed by atoms with E-state index in [0.717, 1.165) is 5.69 Å². The summed E-state index contributed by atoms with van der Waals surface area (Å²) in [7, 11) is 0. The Balaban J connectivity index is 1.98. The zero-order chi connectivity index (χ0) is 9.80. The summed E-state index contributed by atoms with van der Waals surface area (Å²) in [5, 5.41) is 9.17. The summed E-state index contributed by atoms with van der Waals surface area (Å²) in [6.45, 7) is 0.420. The minimum atomic E-state index is 0.201. The summed E-state index contributed by atoms with van der Waals surface area (Å²) in [6.07, 6.45) is 3.30. The van der Waals surface area contributed by atoms with Gasteiger partial charge in [0.1, 0.15) is 18.1 Å². The first-order valence-electron chi connectivity index (χ1n) is 4.24. The summed E-state index contributed by atoms with van der Waals surface area (Å²) >= 11 is 0. The van der Waals surface area contributed by atoms with Crippen molar-refractivity contribution in [3.8, 4) is 11.5 Å². The first-order chi connectivity index (χ1) is 6.84. The van der Waals surface area contributed by atoms with Crippen LogP contribution in [0.5, 0.6) is 11.5 Å². The molecule has 14 heavy (non-hydrogen) atoms. The molecule has 4 nitrogen and oxygen atoms in total. The first-order valence-corrected chi connectivity index (χ1v) is 4.24. The summed E-state index contributed by atoms with van der Waals surface area (Å²) < 4.78 is 5.40. The molecule has 2 N–H and O–H groups in total. The molecule has 0 bridgehead atoms. The van der Waals surface area contributed by atoms with Crippen LogP contribution < -0.4 is 4.74 Å². The van der Waals surface area contributed by atoms with Crippen LogP contribution in [0.3, 0.4) is 0 Å². The quantitative estimate of drug-likeness (QED) is 0.774. The maximum atomic E-state index is 9.17. The van der Waals surface area contributed by atoms with Crippen LogP contribution in [-0.4, -0.2) is 15.1 Å². The molecule has 0 spiro atoms. The van der Waals surface area contributed by atoms with Crippen molar-refractivity contribution >= 4 is 0 Å².